The quantitative estimate of drug-likeness (QED) is 0.792. The first kappa shape index (κ1) is 12.4. The van der Waals surface area contributed by atoms with Crippen molar-refractivity contribution in [3.8, 4) is 0 Å². The van der Waals surface area contributed by atoms with Crippen molar-refractivity contribution in [3.63, 3.8) is 0 Å². The first-order chi connectivity index (χ1) is 6.96. The van der Waals surface area contributed by atoms with E-state index in [1.54, 1.807) is 6.92 Å². The molecule has 3 nitrogen and oxygen atoms in total. The lowest BCUT2D eigenvalue weighted by Gasteiger charge is -2.39. The van der Waals surface area contributed by atoms with Gasteiger partial charge in [0.05, 0.1) is 6.42 Å². The Bertz CT molecular complexity index is 225. The lowest BCUT2D eigenvalue weighted by Crippen LogP contribution is -2.39. The molecule has 0 saturated carbocycles. The molecule has 0 radical (unpaired) electrons. The Morgan fingerprint density at radius 3 is 2.40 bits per heavy atom. The van der Waals surface area contributed by atoms with Gasteiger partial charge in [0.15, 0.2) is 0 Å². The number of rotatable bonds is 4. The first-order valence-electron chi connectivity index (χ1n) is 5.03. The van der Waals surface area contributed by atoms with Gasteiger partial charge in [0.2, 0.25) is 6.43 Å². The Kier molecular flexibility index (Phi) is 4.02. The number of alkyl halides is 2. The summed E-state index contributed by atoms with van der Waals surface area (Å²) >= 11 is 0. The zero-order valence-corrected chi connectivity index (χ0v) is 8.71. The molecule has 1 fully saturated rings. The Hall–Kier alpha value is -0.710. The van der Waals surface area contributed by atoms with Gasteiger partial charge in [-0.2, -0.15) is 0 Å². The minimum absolute atomic E-state index is 0.444. The van der Waals surface area contributed by atoms with E-state index >= 15 is 0 Å². The third-order valence-corrected chi connectivity index (χ3v) is 3.23. The van der Waals surface area contributed by atoms with Crippen LogP contribution >= 0.6 is 0 Å². The second kappa shape index (κ2) is 4.88. The van der Waals surface area contributed by atoms with E-state index in [0.29, 0.717) is 26.1 Å². The van der Waals surface area contributed by atoms with E-state index in [0.717, 1.165) is 0 Å². The fourth-order valence-electron chi connectivity index (χ4n) is 2.04. The largest absolute Gasteiger partial charge is 0.481 e. The predicted molar refractivity (Wildman–Crippen MR) is 49.9 cm³/mol. The van der Waals surface area contributed by atoms with E-state index < -0.39 is 30.1 Å². The summed E-state index contributed by atoms with van der Waals surface area (Å²) in [5, 5.41) is 8.61. The average molecular weight is 222 g/mol. The van der Waals surface area contributed by atoms with Crippen LogP contribution in [0.25, 0.3) is 0 Å². The Balaban J connectivity index is 2.72. The summed E-state index contributed by atoms with van der Waals surface area (Å²) in [4.78, 5) is 10.5. The minimum atomic E-state index is -2.58. The summed E-state index contributed by atoms with van der Waals surface area (Å²) in [6.07, 6.45) is -2.03. The number of hydrogen-bond donors (Lipinski definition) is 1. The third-order valence-electron chi connectivity index (χ3n) is 3.23. The first-order valence-corrected chi connectivity index (χ1v) is 5.03. The van der Waals surface area contributed by atoms with Gasteiger partial charge in [-0.05, 0) is 18.3 Å². The molecule has 1 unspecified atom stereocenters. The molecule has 0 aromatic rings. The van der Waals surface area contributed by atoms with Gasteiger partial charge in [-0.3, -0.25) is 4.79 Å². The highest BCUT2D eigenvalue weighted by Gasteiger charge is 2.42. The van der Waals surface area contributed by atoms with E-state index in [9.17, 15) is 13.6 Å². The summed E-state index contributed by atoms with van der Waals surface area (Å²) < 4.78 is 30.7. The molecule has 0 bridgehead atoms. The second-order valence-corrected chi connectivity index (χ2v) is 4.31. The normalized spacial score (nSPS) is 22.7. The highest BCUT2D eigenvalue weighted by Crippen LogP contribution is 2.42. The van der Waals surface area contributed by atoms with Crippen LogP contribution in [0, 0.1) is 11.3 Å². The molecule has 15 heavy (non-hydrogen) atoms. The molecule has 1 rings (SSSR count). The second-order valence-electron chi connectivity index (χ2n) is 4.31. The summed E-state index contributed by atoms with van der Waals surface area (Å²) in [6, 6.07) is 0. The van der Waals surface area contributed by atoms with Crippen molar-refractivity contribution in [2.75, 3.05) is 13.2 Å². The molecule has 88 valence electrons. The molecule has 5 heteroatoms. The lowest BCUT2D eigenvalue weighted by molar-refractivity contribution is -0.144. The molecule has 0 spiro atoms. The monoisotopic (exact) mass is 222 g/mol. The minimum Gasteiger partial charge on any atom is -0.481 e. The predicted octanol–water partition coefficient (Wildman–Crippen LogP) is 2.16. The topological polar surface area (TPSA) is 46.5 Å². The van der Waals surface area contributed by atoms with Crippen molar-refractivity contribution in [1.82, 2.24) is 0 Å². The fourth-order valence-corrected chi connectivity index (χ4v) is 2.04. The van der Waals surface area contributed by atoms with Crippen molar-refractivity contribution in [2.24, 2.45) is 11.3 Å². The maximum Gasteiger partial charge on any atom is 0.303 e. The number of hydrogen-bond acceptors (Lipinski definition) is 2. The van der Waals surface area contributed by atoms with Gasteiger partial charge in [-0.15, -0.1) is 0 Å². The van der Waals surface area contributed by atoms with E-state index in [4.69, 9.17) is 9.84 Å². The van der Waals surface area contributed by atoms with Crippen LogP contribution in [-0.4, -0.2) is 30.7 Å². The van der Waals surface area contributed by atoms with Crippen LogP contribution in [0.4, 0.5) is 8.78 Å². The van der Waals surface area contributed by atoms with Gasteiger partial charge < -0.3 is 9.84 Å². The zero-order chi connectivity index (χ0) is 11.5. The number of carbonyl (C=O) groups is 1. The van der Waals surface area contributed by atoms with E-state index in [1.807, 2.05) is 0 Å². The summed E-state index contributed by atoms with van der Waals surface area (Å²) in [5.74, 6) is -2.23. The maximum absolute atomic E-state index is 12.8. The average Bonchev–Trinajstić information content (AvgIpc) is 2.14. The molecule has 1 N–H and O–H groups in total. The van der Waals surface area contributed by atoms with Crippen LogP contribution in [0.5, 0.6) is 0 Å². The van der Waals surface area contributed by atoms with Crippen LogP contribution < -0.4 is 0 Å². The Morgan fingerprint density at radius 1 is 1.47 bits per heavy atom. The molecule has 1 atom stereocenters. The van der Waals surface area contributed by atoms with Gasteiger partial charge >= 0.3 is 5.97 Å². The standard InChI is InChI=1S/C10H16F2O3/c1-10(2-4-15-5-3-10)7(9(11)12)6-8(13)14/h7,9H,2-6H2,1H3,(H,13,14). The van der Waals surface area contributed by atoms with Crippen molar-refractivity contribution in [2.45, 2.75) is 32.6 Å². The maximum atomic E-state index is 12.8. The molecule has 0 aromatic heterocycles. The molecule has 1 heterocycles. The molecular weight excluding hydrogens is 206 g/mol. The van der Waals surface area contributed by atoms with Gasteiger partial charge in [0.25, 0.3) is 0 Å². The molecule has 1 aliphatic heterocycles. The Morgan fingerprint density at radius 2 is 2.00 bits per heavy atom. The van der Waals surface area contributed by atoms with Gasteiger partial charge in [-0.25, -0.2) is 8.78 Å². The van der Waals surface area contributed by atoms with Crippen molar-refractivity contribution < 1.29 is 23.4 Å². The molecule has 0 amide bonds. The van der Waals surface area contributed by atoms with E-state index in [1.165, 1.54) is 0 Å². The summed E-state index contributed by atoms with van der Waals surface area (Å²) in [5.41, 5.74) is -0.606. The van der Waals surface area contributed by atoms with Crippen molar-refractivity contribution >= 4 is 5.97 Å². The molecule has 0 aromatic carbocycles. The van der Waals surface area contributed by atoms with Crippen LogP contribution in [0.15, 0.2) is 0 Å². The van der Waals surface area contributed by atoms with Crippen molar-refractivity contribution in [1.29, 1.82) is 0 Å². The van der Waals surface area contributed by atoms with Crippen LogP contribution in [0.2, 0.25) is 0 Å². The van der Waals surface area contributed by atoms with Crippen molar-refractivity contribution in [3.05, 3.63) is 0 Å². The molecular formula is C10H16F2O3. The number of carboxylic acid groups (broad SMARTS) is 1. The number of halogens is 2. The van der Waals surface area contributed by atoms with Gasteiger partial charge in [0.1, 0.15) is 0 Å². The van der Waals surface area contributed by atoms with E-state index in [-0.39, 0.29) is 0 Å². The molecule has 1 saturated heterocycles. The highest BCUT2D eigenvalue weighted by molar-refractivity contribution is 5.67. The third kappa shape index (κ3) is 3.12. The zero-order valence-electron chi connectivity index (χ0n) is 8.71. The molecule has 1 aliphatic rings. The summed E-state index contributed by atoms with van der Waals surface area (Å²) in [6.45, 7) is 2.62. The lowest BCUT2D eigenvalue weighted by atomic mass is 9.70. The fraction of sp³-hybridized carbons (Fsp3) is 0.900. The molecule has 0 aliphatic carbocycles. The van der Waals surface area contributed by atoms with Gasteiger partial charge in [0, 0.05) is 19.1 Å². The van der Waals surface area contributed by atoms with Crippen LogP contribution in [0.1, 0.15) is 26.2 Å². The highest BCUT2D eigenvalue weighted by atomic mass is 19.3. The van der Waals surface area contributed by atoms with Crippen LogP contribution in [0.3, 0.4) is 0 Å². The van der Waals surface area contributed by atoms with Crippen LogP contribution in [-0.2, 0) is 9.53 Å². The van der Waals surface area contributed by atoms with Gasteiger partial charge in [-0.1, -0.05) is 6.92 Å². The SMILES string of the molecule is CC1(C(CC(=O)O)C(F)F)CCOCC1. The number of carboxylic acids is 1. The number of aliphatic carboxylic acids is 1. The smallest absolute Gasteiger partial charge is 0.303 e. The Labute approximate surface area is 87.4 Å². The summed E-state index contributed by atoms with van der Waals surface area (Å²) in [7, 11) is 0. The van der Waals surface area contributed by atoms with E-state index in [2.05, 4.69) is 0 Å². The number of ether oxygens (including phenoxy) is 1.